The molecule has 3 heterocycles. The molecule has 6 heteroatoms. The number of aryl methyl sites for hydroxylation is 3. The molecule has 0 unspecified atom stereocenters. The molecule has 3 aromatic heterocycles. The highest BCUT2D eigenvalue weighted by Crippen LogP contribution is 2.38. The fraction of sp³-hybridized carbons (Fsp3) is 0.0811. The third kappa shape index (κ3) is 4.63. The van der Waals surface area contributed by atoms with Gasteiger partial charge in [-0.25, -0.2) is 9.97 Å². The Morgan fingerprint density at radius 1 is 0.651 bits per heavy atom. The van der Waals surface area contributed by atoms with Gasteiger partial charge in [-0.05, 0) is 73.9 Å². The zero-order valence-corrected chi connectivity index (χ0v) is 24.3. The van der Waals surface area contributed by atoms with Crippen LogP contribution in [0.4, 0.5) is 11.4 Å². The largest absolute Gasteiger partial charge is 0.457 e. The average molecular weight is 562 g/mol. The zero-order chi connectivity index (χ0) is 29.7. The molecule has 4 N–H and O–H groups in total. The van der Waals surface area contributed by atoms with E-state index in [0.717, 1.165) is 61.1 Å². The van der Waals surface area contributed by atoms with E-state index in [1.807, 2.05) is 42.6 Å². The summed E-state index contributed by atoms with van der Waals surface area (Å²) in [6, 6.07) is 34.5. The highest BCUT2D eigenvalue weighted by molar-refractivity contribution is 6.09. The molecular weight excluding hydrogens is 530 g/mol. The minimum atomic E-state index is 0.496. The minimum Gasteiger partial charge on any atom is -0.457 e. The Bertz CT molecular complexity index is 2160. The van der Waals surface area contributed by atoms with E-state index in [9.17, 15) is 0 Å². The lowest BCUT2D eigenvalue weighted by atomic mass is 9.98. The Morgan fingerprint density at radius 3 is 2.21 bits per heavy atom. The van der Waals surface area contributed by atoms with Gasteiger partial charge < -0.3 is 16.2 Å². The van der Waals surface area contributed by atoms with Crippen molar-refractivity contribution >= 4 is 33.2 Å². The molecule has 7 rings (SSSR count). The number of hydrogen-bond acceptors (Lipinski definition) is 5. The number of anilines is 2. The van der Waals surface area contributed by atoms with Crippen LogP contribution in [0.3, 0.4) is 0 Å². The Hall–Kier alpha value is -5.62. The third-order valence-corrected chi connectivity index (χ3v) is 7.96. The van der Waals surface area contributed by atoms with Crippen LogP contribution in [0.2, 0.25) is 0 Å². The van der Waals surface area contributed by atoms with Gasteiger partial charge in [0, 0.05) is 46.3 Å². The van der Waals surface area contributed by atoms with Crippen molar-refractivity contribution in [2.75, 3.05) is 11.5 Å². The molecule has 0 aliphatic heterocycles. The molecular formula is C37H31N5O. The van der Waals surface area contributed by atoms with Gasteiger partial charge in [0.25, 0.3) is 0 Å². The second kappa shape index (κ2) is 10.3. The second-order valence-corrected chi connectivity index (χ2v) is 11.0. The van der Waals surface area contributed by atoms with Gasteiger partial charge in [0.05, 0.1) is 33.8 Å². The molecule has 0 amide bonds. The Balaban J connectivity index is 1.41. The van der Waals surface area contributed by atoms with Crippen molar-refractivity contribution in [3.8, 4) is 39.8 Å². The van der Waals surface area contributed by atoms with Crippen LogP contribution in [0.25, 0.3) is 50.1 Å². The lowest BCUT2D eigenvalue weighted by molar-refractivity contribution is 0.483. The smallest absolute Gasteiger partial charge is 0.137 e. The number of aromatic nitrogens is 3. The van der Waals surface area contributed by atoms with Crippen LogP contribution in [0.1, 0.15) is 16.7 Å². The van der Waals surface area contributed by atoms with Gasteiger partial charge in [0.2, 0.25) is 0 Å². The van der Waals surface area contributed by atoms with Gasteiger partial charge in [-0.1, -0.05) is 48.5 Å². The van der Waals surface area contributed by atoms with E-state index in [4.69, 9.17) is 26.2 Å². The molecule has 0 bridgehead atoms. The monoisotopic (exact) mass is 561 g/mol. The van der Waals surface area contributed by atoms with Gasteiger partial charge in [0.15, 0.2) is 0 Å². The summed E-state index contributed by atoms with van der Waals surface area (Å²) in [6.07, 6.45) is 1.85. The number of rotatable bonds is 5. The van der Waals surface area contributed by atoms with E-state index in [1.54, 1.807) is 6.07 Å². The van der Waals surface area contributed by atoms with Crippen molar-refractivity contribution in [1.82, 2.24) is 14.5 Å². The summed E-state index contributed by atoms with van der Waals surface area (Å²) in [7, 11) is 0. The van der Waals surface area contributed by atoms with Crippen LogP contribution < -0.4 is 16.2 Å². The molecule has 0 radical (unpaired) electrons. The van der Waals surface area contributed by atoms with Crippen molar-refractivity contribution < 1.29 is 4.74 Å². The van der Waals surface area contributed by atoms with Gasteiger partial charge in [0.1, 0.15) is 17.3 Å². The van der Waals surface area contributed by atoms with Crippen molar-refractivity contribution in [2.24, 2.45) is 0 Å². The van der Waals surface area contributed by atoms with Crippen LogP contribution in [0.15, 0.2) is 109 Å². The van der Waals surface area contributed by atoms with E-state index in [0.29, 0.717) is 28.6 Å². The number of nitrogens with zero attached hydrogens (tertiary/aromatic N) is 3. The molecule has 0 atom stereocenters. The molecule has 0 saturated heterocycles. The van der Waals surface area contributed by atoms with Crippen LogP contribution in [-0.2, 0) is 0 Å². The van der Waals surface area contributed by atoms with Crippen LogP contribution in [0.5, 0.6) is 11.5 Å². The van der Waals surface area contributed by atoms with E-state index >= 15 is 0 Å². The van der Waals surface area contributed by atoms with Gasteiger partial charge >= 0.3 is 0 Å². The fourth-order valence-corrected chi connectivity index (χ4v) is 5.89. The first-order valence-electron chi connectivity index (χ1n) is 14.2. The molecule has 210 valence electrons. The SMILES string of the molecule is Cc1ccnc(-n2c3ccccc3c3ccc(Oc4cc(-c5cccc(N)c5N)nc(-c5c(C)cccc5C)c4)cc32)c1. The van der Waals surface area contributed by atoms with Crippen molar-refractivity contribution in [1.29, 1.82) is 0 Å². The highest BCUT2D eigenvalue weighted by atomic mass is 16.5. The number of ether oxygens (including phenoxy) is 1. The first-order valence-corrected chi connectivity index (χ1v) is 14.2. The quantitative estimate of drug-likeness (QED) is 0.205. The number of nitrogens with two attached hydrogens (primary N) is 2. The number of para-hydroxylation sites is 2. The molecule has 0 aliphatic carbocycles. The summed E-state index contributed by atoms with van der Waals surface area (Å²) < 4.78 is 8.82. The Kier molecular flexibility index (Phi) is 6.32. The fourth-order valence-electron chi connectivity index (χ4n) is 5.89. The first kappa shape index (κ1) is 26.3. The maximum absolute atomic E-state index is 6.63. The normalized spacial score (nSPS) is 11.3. The number of pyridine rings is 2. The summed E-state index contributed by atoms with van der Waals surface area (Å²) in [5.41, 5.74) is 22.5. The van der Waals surface area contributed by atoms with Crippen molar-refractivity contribution in [2.45, 2.75) is 20.8 Å². The molecule has 0 spiro atoms. The predicted molar refractivity (Wildman–Crippen MR) is 177 cm³/mol. The standard InChI is InChI=1S/C37H31N5O/c1-22-16-17-40-35(18-22)42-33-13-5-4-10-27(33)28-15-14-25(21-34(28)42)43-26-19-31(29-11-7-12-30(38)37(29)39)41-32(20-26)36-23(2)8-6-9-24(36)3/h4-21H,38-39H2,1-3H3. The van der Waals surface area contributed by atoms with Crippen molar-refractivity contribution in [3.63, 3.8) is 0 Å². The van der Waals surface area contributed by atoms with E-state index < -0.39 is 0 Å². The Labute approximate surface area is 250 Å². The molecule has 7 aromatic rings. The van der Waals surface area contributed by atoms with Gasteiger partial charge in [-0.15, -0.1) is 0 Å². The number of fused-ring (bicyclic) bond motifs is 3. The topological polar surface area (TPSA) is 92.0 Å². The van der Waals surface area contributed by atoms with Gasteiger partial charge in [-0.3, -0.25) is 4.57 Å². The second-order valence-electron chi connectivity index (χ2n) is 11.0. The predicted octanol–water partition coefficient (Wildman–Crippen LogP) is 8.79. The Morgan fingerprint density at radius 2 is 1.40 bits per heavy atom. The lowest BCUT2D eigenvalue weighted by Crippen LogP contribution is -2.00. The average Bonchev–Trinajstić information content (AvgIpc) is 3.32. The molecule has 4 aromatic carbocycles. The number of hydrogen-bond donors (Lipinski definition) is 2. The summed E-state index contributed by atoms with van der Waals surface area (Å²) >= 11 is 0. The highest BCUT2D eigenvalue weighted by Gasteiger charge is 2.17. The lowest BCUT2D eigenvalue weighted by Gasteiger charge is -2.15. The van der Waals surface area contributed by atoms with E-state index in [-0.39, 0.29) is 0 Å². The molecule has 0 fully saturated rings. The van der Waals surface area contributed by atoms with Crippen LogP contribution in [0, 0.1) is 20.8 Å². The summed E-state index contributed by atoms with van der Waals surface area (Å²) in [4.78, 5) is 9.76. The molecule has 43 heavy (non-hydrogen) atoms. The molecule has 0 saturated carbocycles. The summed E-state index contributed by atoms with van der Waals surface area (Å²) in [6.45, 7) is 6.27. The van der Waals surface area contributed by atoms with E-state index in [1.165, 1.54) is 0 Å². The molecule has 6 nitrogen and oxygen atoms in total. The zero-order valence-electron chi connectivity index (χ0n) is 24.3. The van der Waals surface area contributed by atoms with E-state index in [2.05, 4.69) is 86.0 Å². The number of benzene rings is 4. The summed E-state index contributed by atoms with van der Waals surface area (Å²) in [5.74, 6) is 2.22. The van der Waals surface area contributed by atoms with Gasteiger partial charge in [-0.2, -0.15) is 0 Å². The maximum Gasteiger partial charge on any atom is 0.137 e. The first-order chi connectivity index (χ1) is 20.9. The third-order valence-electron chi connectivity index (χ3n) is 7.96. The van der Waals surface area contributed by atoms with Crippen molar-refractivity contribution in [3.05, 3.63) is 126 Å². The number of nitrogen functional groups attached to an aromatic ring is 2. The maximum atomic E-state index is 6.63. The van der Waals surface area contributed by atoms with Crippen LogP contribution >= 0.6 is 0 Å². The molecule has 0 aliphatic rings. The van der Waals surface area contributed by atoms with Crippen LogP contribution in [-0.4, -0.2) is 14.5 Å². The summed E-state index contributed by atoms with van der Waals surface area (Å²) in [5, 5.41) is 2.29. The minimum absolute atomic E-state index is 0.496.